The van der Waals surface area contributed by atoms with Crippen molar-refractivity contribution >= 4 is 0 Å². The molecule has 0 aliphatic carbocycles. The minimum atomic E-state index is 0.549. The van der Waals surface area contributed by atoms with Gasteiger partial charge in [0.25, 0.3) is 0 Å². The molecule has 2 aromatic rings. The van der Waals surface area contributed by atoms with E-state index in [9.17, 15) is 0 Å². The maximum Gasteiger partial charge on any atom is 0.119 e. The van der Waals surface area contributed by atoms with Crippen molar-refractivity contribution in [1.29, 1.82) is 10.5 Å². The highest BCUT2D eigenvalue weighted by Gasteiger charge is 1.98. The molecule has 0 aliphatic rings. The zero-order valence-corrected chi connectivity index (χ0v) is 15.7. The van der Waals surface area contributed by atoms with Gasteiger partial charge in [-0.05, 0) is 67.5 Å². The van der Waals surface area contributed by atoms with Crippen LogP contribution in [0.1, 0.15) is 43.2 Å². The molecule has 0 N–H and O–H groups in total. The topological polar surface area (TPSA) is 66.0 Å². The number of benzene rings is 2. The van der Waals surface area contributed by atoms with Crippen LogP contribution in [0.3, 0.4) is 0 Å². The zero-order valence-electron chi connectivity index (χ0n) is 15.7. The maximum atomic E-state index is 8.60. The summed E-state index contributed by atoms with van der Waals surface area (Å²) in [5.41, 5.74) is 2.33. The third kappa shape index (κ3) is 8.29. The Morgan fingerprint density at radius 2 is 1.00 bits per heavy atom. The molecule has 140 valence electrons. The van der Waals surface area contributed by atoms with E-state index in [1.54, 1.807) is 0 Å². The Hall–Kier alpha value is -2.98. The van der Waals surface area contributed by atoms with Crippen LogP contribution < -0.4 is 9.47 Å². The lowest BCUT2D eigenvalue weighted by Crippen LogP contribution is -2.01. The molecule has 0 aliphatic heterocycles. The molecule has 0 saturated carbocycles. The zero-order chi connectivity index (χ0) is 19.2. The van der Waals surface area contributed by atoms with Crippen LogP contribution in [0.4, 0.5) is 0 Å². The van der Waals surface area contributed by atoms with Gasteiger partial charge in [0.2, 0.25) is 0 Å². The summed E-state index contributed by atoms with van der Waals surface area (Å²) in [6, 6.07) is 20.3. The predicted molar refractivity (Wildman–Crippen MR) is 106 cm³/mol. The third-order valence-electron chi connectivity index (χ3n) is 4.22. The van der Waals surface area contributed by atoms with Crippen LogP contribution in [0.5, 0.6) is 11.5 Å². The average molecular weight is 362 g/mol. The molecule has 0 saturated heterocycles. The second-order valence-electron chi connectivity index (χ2n) is 6.36. The van der Waals surface area contributed by atoms with Gasteiger partial charge < -0.3 is 9.47 Å². The van der Waals surface area contributed by atoms with E-state index < -0.39 is 0 Å². The van der Waals surface area contributed by atoms with Crippen molar-refractivity contribution in [3.63, 3.8) is 0 Å². The van der Waals surface area contributed by atoms with Crippen molar-refractivity contribution in [3.05, 3.63) is 59.7 Å². The van der Waals surface area contributed by atoms with Gasteiger partial charge in [-0.3, -0.25) is 0 Å². The highest BCUT2D eigenvalue weighted by Crippen LogP contribution is 2.15. The molecule has 0 heterocycles. The first-order valence-electron chi connectivity index (χ1n) is 9.49. The van der Waals surface area contributed by atoms with Crippen molar-refractivity contribution in [2.24, 2.45) is 0 Å². The first-order valence-corrected chi connectivity index (χ1v) is 9.49. The number of aryl methyl sites for hydroxylation is 2. The SMILES string of the molecule is N#CCCc1ccc(OCCCCCOc2ccc(CCC#N)cc2)cc1. The number of unbranched alkanes of at least 4 members (excludes halogenated alkanes) is 2. The molecule has 0 bridgehead atoms. The fourth-order valence-electron chi connectivity index (χ4n) is 2.67. The standard InChI is InChI=1S/C23H26N2O2/c24-16-4-6-20-8-12-22(13-9-20)26-18-2-1-3-19-27-23-14-10-21(11-15-23)7-5-17-25/h8-15H,1-7,18-19H2. The van der Waals surface area contributed by atoms with Gasteiger partial charge in [0, 0.05) is 12.8 Å². The van der Waals surface area contributed by atoms with Crippen LogP contribution >= 0.6 is 0 Å². The Morgan fingerprint density at radius 3 is 1.37 bits per heavy atom. The number of hydrogen-bond acceptors (Lipinski definition) is 4. The fourth-order valence-corrected chi connectivity index (χ4v) is 2.67. The van der Waals surface area contributed by atoms with Gasteiger partial charge in [-0.15, -0.1) is 0 Å². The first-order chi connectivity index (χ1) is 13.3. The summed E-state index contributed by atoms with van der Waals surface area (Å²) in [6.07, 6.45) is 5.72. The summed E-state index contributed by atoms with van der Waals surface area (Å²) in [5.74, 6) is 1.76. The summed E-state index contributed by atoms with van der Waals surface area (Å²) in [4.78, 5) is 0. The summed E-state index contributed by atoms with van der Waals surface area (Å²) in [7, 11) is 0. The van der Waals surface area contributed by atoms with Crippen molar-refractivity contribution in [2.75, 3.05) is 13.2 Å². The molecule has 0 aromatic heterocycles. The second kappa shape index (κ2) is 12.4. The lowest BCUT2D eigenvalue weighted by atomic mass is 10.1. The van der Waals surface area contributed by atoms with Gasteiger partial charge in [-0.25, -0.2) is 0 Å². The molecule has 0 amide bonds. The molecule has 4 nitrogen and oxygen atoms in total. The second-order valence-corrected chi connectivity index (χ2v) is 6.36. The molecular formula is C23H26N2O2. The Labute approximate surface area is 162 Å². The normalized spacial score (nSPS) is 10.0. The largest absolute Gasteiger partial charge is 0.494 e. The average Bonchev–Trinajstić information content (AvgIpc) is 2.71. The van der Waals surface area contributed by atoms with Crippen LogP contribution in [0, 0.1) is 22.7 Å². The minimum Gasteiger partial charge on any atom is -0.494 e. The van der Waals surface area contributed by atoms with Crippen LogP contribution in [-0.2, 0) is 12.8 Å². The summed E-state index contributed by atoms with van der Waals surface area (Å²) >= 11 is 0. The minimum absolute atomic E-state index is 0.549. The maximum absolute atomic E-state index is 8.60. The lowest BCUT2D eigenvalue weighted by Gasteiger charge is -2.08. The highest BCUT2D eigenvalue weighted by molar-refractivity contribution is 5.28. The van der Waals surface area contributed by atoms with Gasteiger partial charge >= 0.3 is 0 Å². The molecule has 0 fully saturated rings. The summed E-state index contributed by atoms with van der Waals surface area (Å²) in [6.45, 7) is 1.40. The van der Waals surface area contributed by atoms with E-state index in [-0.39, 0.29) is 0 Å². The lowest BCUT2D eigenvalue weighted by molar-refractivity contribution is 0.279. The predicted octanol–water partition coefficient (Wildman–Crippen LogP) is 5.23. The number of hydrogen-bond donors (Lipinski definition) is 0. The number of nitriles is 2. The van der Waals surface area contributed by atoms with Gasteiger partial charge in [0.1, 0.15) is 11.5 Å². The van der Waals surface area contributed by atoms with Crippen LogP contribution in [0.15, 0.2) is 48.5 Å². The fraction of sp³-hybridized carbons (Fsp3) is 0.391. The third-order valence-corrected chi connectivity index (χ3v) is 4.22. The van der Waals surface area contributed by atoms with E-state index in [1.165, 1.54) is 11.1 Å². The van der Waals surface area contributed by atoms with E-state index in [1.807, 2.05) is 48.5 Å². The number of ether oxygens (including phenoxy) is 2. The molecule has 0 spiro atoms. The van der Waals surface area contributed by atoms with E-state index in [4.69, 9.17) is 20.0 Å². The molecule has 0 atom stereocenters. The Bertz CT molecular complexity index is 674. The van der Waals surface area contributed by atoms with Gasteiger partial charge in [0.05, 0.1) is 25.4 Å². The van der Waals surface area contributed by atoms with Crippen molar-refractivity contribution < 1.29 is 9.47 Å². The Balaban J connectivity index is 1.53. The van der Waals surface area contributed by atoms with Crippen molar-refractivity contribution in [2.45, 2.75) is 44.9 Å². The van der Waals surface area contributed by atoms with Crippen LogP contribution in [0.25, 0.3) is 0 Å². The molecule has 2 aromatic carbocycles. The van der Waals surface area contributed by atoms with E-state index in [0.717, 1.165) is 43.6 Å². The van der Waals surface area contributed by atoms with E-state index in [2.05, 4.69) is 12.1 Å². The van der Waals surface area contributed by atoms with Crippen molar-refractivity contribution in [1.82, 2.24) is 0 Å². The molecular weight excluding hydrogens is 336 g/mol. The van der Waals surface area contributed by atoms with Gasteiger partial charge in [-0.2, -0.15) is 10.5 Å². The highest BCUT2D eigenvalue weighted by atomic mass is 16.5. The quantitative estimate of drug-likeness (QED) is 0.485. The molecule has 2 rings (SSSR count). The van der Waals surface area contributed by atoms with E-state index in [0.29, 0.717) is 26.1 Å². The molecule has 27 heavy (non-hydrogen) atoms. The molecule has 0 unspecified atom stereocenters. The number of rotatable bonds is 12. The van der Waals surface area contributed by atoms with Gasteiger partial charge in [0.15, 0.2) is 0 Å². The molecule has 0 radical (unpaired) electrons. The number of nitrogens with zero attached hydrogens (tertiary/aromatic N) is 2. The summed E-state index contributed by atoms with van der Waals surface area (Å²) in [5, 5.41) is 17.2. The summed E-state index contributed by atoms with van der Waals surface area (Å²) < 4.78 is 11.5. The molecule has 4 heteroatoms. The Kier molecular flexibility index (Phi) is 9.33. The van der Waals surface area contributed by atoms with Crippen LogP contribution in [-0.4, -0.2) is 13.2 Å². The Morgan fingerprint density at radius 1 is 0.593 bits per heavy atom. The smallest absolute Gasteiger partial charge is 0.119 e. The van der Waals surface area contributed by atoms with Gasteiger partial charge in [-0.1, -0.05) is 24.3 Å². The first kappa shape index (κ1) is 20.3. The van der Waals surface area contributed by atoms with Crippen molar-refractivity contribution in [3.8, 4) is 23.6 Å². The monoisotopic (exact) mass is 362 g/mol. The van der Waals surface area contributed by atoms with E-state index >= 15 is 0 Å². The van der Waals surface area contributed by atoms with Crippen LogP contribution in [0.2, 0.25) is 0 Å².